The third kappa shape index (κ3) is 5.00. The van der Waals surface area contributed by atoms with Gasteiger partial charge in [-0.2, -0.15) is 4.98 Å². The summed E-state index contributed by atoms with van der Waals surface area (Å²) in [5.41, 5.74) is 6.86. The Hall–Kier alpha value is -2.69. The van der Waals surface area contributed by atoms with Crippen molar-refractivity contribution in [2.24, 2.45) is 11.7 Å². The number of nitrogens with zero attached hydrogens (tertiary/aromatic N) is 4. The number of anilines is 3. The number of imidazole rings is 1. The number of hydrogen-bond acceptors (Lipinski definition) is 7. The number of primary amides is 1. The molecule has 0 radical (unpaired) electrons. The van der Waals surface area contributed by atoms with Crippen molar-refractivity contribution in [3.8, 4) is 0 Å². The molecule has 1 aliphatic carbocycles. The molecule has 1 aliphatic heterocycles. The first-order valence-electron chi connectivity index (χ1n) is 11.7. The van der Waals surface area contributed by atoms with Gasteiger partial charge in [-0.05, 0) is 50.7 Å². The lowest BCUT2D eigenvalue weighted by molar-refractivity contribution is -0.122. The Morgan fingerprint density at radius 3 is 2.69 bits per heavy atom. The minimum Gasteiger partial charge on any atom is -0.379 e. The van der Waals surface area contributed by atoms with Crippen molar-refractivity contribution in [2.75, 3.05) is 23.8 Å². The fourth-order valence-corrected chi connectivity index (χ4v) is 5.10. The predicted octanol–water partition coefficient (Wildman–Crippen LogP) is 4.82. The summed E-state index contributed by atoms with van der Waals surface area (Å²) < 4.78 is 22.3. The van der Waals surface area contributed by atoms with Crippen LogP contribution in [0.1, 0.15) is 44.6 Å². The van der Waals surface area contributed by atoms with Gasteiger partial charge < -0.3 is 21.1 Å². The standard InChI is InChI=1S/C23H26Cl2FN7O2/c24-15-7-8-16(19(26)18(15)25)30-23-31-17-10-28-22(29-13-2-1-9-35-11-13)32-21(17)33(23)14-5-3-12(4-6-14)20(27)34/h7-8,10,12-14H,1-6,9,11H2,(H2,27,34)(H,30,31)(H,28,29,32). The number of carbonyl (C=O) groups excluding carboxylic acids is 1. The van der Waals surface area contributed by atoms with E-state index in [1.54, 1.807) is 6.20 Å². The van der Waals surface area contributed by atoms with Crippen LogP contribution < -0.4 is 16.4 Å². The van der Waals surface area contributed by atoms with E-state index >= 15 is 0 Å². The Labute approximate surface area is 211 Å². The zero-order valence-corrected chi connectivity index (χ0v) is 20.4. The van der Waals surface area contributed by atoms with Gasteiger partial charge in [-0.3, -0.25) is 9.36 Å². The first-order valence-corrected chi connectivity index (χ1v) is 12.5. The van der Waals surface area contributed by atoms with E-state index in [1.165, 1.54) is 12.1 Å². The molecule has 1 unspecified atom stereocenters. The van der Waals surface area contributed by atoms with E-state index in [9.17, 15) is 9.18 Å². The summed E-state index contributed by atoms with van der Waals surface area (Å²) in [5.74, 6) is -0.206. The van der Waals surface area contributed by atoms with Gasteiger partial charge in [-0.25, -0.2) is 14.4 Å². The Morgan fingerprint density at radius 1 is 1.17 bits per heavy atom. The van der Waals surface area contributed by atoms with Gasteiger partial charge in [0, 0.05) is 18.6 Å². The maximum absolute atomic E-state index is 14.8. The van der Waals surface area contributed by atoms with Crippen LogP contribution in [0.3, 0.4) is 0 Å². The van der Waals surface area contributed by atoms with Crippen molar-refractivity contribution in [1.29, 1.82) is 0 Å². The maximum Gasteiger partial charge on any atom is 0.225 e. The number of nitrogens with two attached hydrogens (primary N) is 1. The SMILES string of the molecule is NC(=O)C1CCC(n2c(Nc3ccc(Cl)c(Cl)c3F)nc3cnc(NC4CCCOC4)nc32)CC1. The Balaban J connectivity index is 1.51. The lowest BCUT2D eigenvalue weighted by atomic mass is 9.85. The minimum absolute atomic E-state index is 0.00954. The number of hydrogen-bond donors (Lipinski definition) is 3. The van der Waals surface area contributed by atoms with Crippen molar-refractivity contribution in [1.82, 2.24) is 19.5 Å². The van der Waals surface area contributed by atoms with Crippen molar-refractivity contribution >= 4 is 57.9 Å². The zero-order valence-electron chi connectivity index (χ0n) is 18.9. The molecule has 3 aromatic rings. The first-order chi connectivity index (χ1) is 16.9. The molecule has 2 fully saturated rings. The van der Waals surface area contributed by atoms with Crippen LogP contribution in [-0.4, -0.2) is 44.7 Å². The van der Waals surface area contributed by atoms with E-state index in [4.69, 9.17) is 38.7 Å². The van der Waals surface area contributed by atoms with Crippen LogP contribution in [0.5, 0.6) is 0 Å². The van der Waals surface area contributed by atoms with Gasteiger partial charge >= 0.3 is 0 Å². The molecular formula is C23H26Cl2FN7O2. The fourth-order valence-electron chi connectivity index (χ4n) is 4.79. The molecule has 4 N–H and O–H groups in total. The lowest BCUT2D eigenvalue weighted by Gasteiger charge is -2.29. The van der Waals surface area contributed by atoms with Crippen LogP contribution in [0.15, 0.2) is 18.3 Å². The van der Waals surface area contributed by atoms with Crippen molar-refractivity contribution in [3.63, 3.8) is 0 Å². The Bertz CT molecular complexity index is 1240. The highest BCUT2D eigenvalue weighted by atomic mass is 35.5. The van der Waals surface area contributed by atoms with Gasteiger partial charge in [0.05, 0.1) is 34.6 Å². The second kappa shape index (κ2) is 10.1. The second-order valence-electron chi connectivity index (χ2n) is 9.02. The summed E-state index contributed by atoms with van der Waals surface area (Å²) >= 11 is 12.0. The highest BCUT2D eigenvalue weighted by Gasteiger charge is 2.29. The normalized spacial score (nSPS) is 22.8. The molecule has 1 saturated heterocycles. The third-order valence-corrected chi connectivity index (χ3v) is 7.45. The molecule has 1 saturated carbocycles. The van der Waals surface area contributed by atoms with Gasteiger partial charge in [0.15, 0.2) is 11.5 Å². The summed E-state index contributed by atoms with van der Waals surface area (Å²) in [6, 6.07) is 3.16. The Kier molecular flexibility index (Phi) is 6.95. The highest BCUT2D eigenvalue weighted by molar-refractivity contribution is 6.42. The van der Waals surface area contributed by atoms with E-state index in [0.717, 1.165) is 19.4 Å². The van der Waals surface area contributed by atoms with E-state index in [-0.39, 0.29) is 39.6 Å². The minimum atomic E-state index is -0.666. The largest absolute Gasteiger partial charge is 0.379 e. The monoisotopic (exact) mass is 521 g/mol. The molecule has 9 nitrogen and oxygen atoms in total. The predicted molar refractivity (Wildman–Crippen MR) is 133 cm³/mol. The number of nitrogens with one attached hydrogen (secondary N) is 2. The van der Waals surface area contributed by atoms with Gasteiger partial charge in [0.25, 0.3) is 0 Å². The van der Waals surface area contributed by atoms with Crippen LogP contribution in [0, 0.1) is 11.7 Å². The van der Waals surface area contributed by atoms with Gasteiger partial charge in [0.1, 0.15) is 5.52 Å². The summed E-state index contributed by atoms with van der Waals surface area (Å²) in [7, 11) is 0. The molecule has 35 heavy (non-hydrogen) atoms. The van der Waals surface area contributed by atoms with Crippen molar-refractivity contribution < 1.29 is 13.9 Å². The number of amides is 1. The third-order valence-electron chi connectivity index (χ3n) is 6.67. The molecule has 1 atom stereocenters. The summed E-state index contributed by atoms with van der Waals surface area (Å²) in [5, 5.41) is 6.37. The fraction of sp³-hybridized carbons (Fsp3) is 0.478. The number of halogens is 3. The average molecular weight is 522 g/mol. The summed E-state index contributed by atoms with van der Waals surface area (Å²) in [6.07, 6.45) is 6.34. The molecule has 5 rings (SSSR count). The topological polar surface area (TPSA) is 120 Å². The number of fused-ring (bicyclic) bond motifs is 1. The van der Waals surface area contributed by atoms with Crippen LogP contribution in [-0.2, 0) is 9.53 Å². The van der Waals surface area contributed by atoms with Crippen molar-refractivity contribution in [3.05, 3.63) is 34.2 Å². The molecule has 2 aliphatic rings. The molecule has 2 aromatic heterocycles. The quantitative estimate of drug-likeness (QED) is 0.397. The first kappa shape index (κ1) is 24.0. The molecule has 186 valence electrons. The van der Waals surface area contributed by atoms with Crippen LogP contribution >= 0.6 is 23.2 Å². The number of aromatic nitrogens is 4. The van der Waals surface area contributed by atoms with E-state index < -0.39 is 5.82 Å². The van der Waals surface area contributed by atoms with Gasteiger partial charge in [-0.15, -0.1) is 0 Å². The molecule has 0 bridgehead atoms. The van der Waals surface area contributed by atoms with Crippen LogP contribution in [0.4, 0.5) is 22.0 Å². The van der Waals surface area contributed by atoms with Gasteiger partial charge in [-0.1, -0.05) is 23.2 Å². The number of carbonyl (C=O) groups is 1. The van der Waals surface area contributed by atoms with Crippen LogP contribution in [0.2, 0.25) is 10.0 Å². The summed E-state index contributed by atoms with van der Waals surface area (Å²) in [4.78, 5) is 25.5. The molecule has 1 aromatic carbocycles. The highest BCUT2D eigenvalue weighted by Crippen LogP contribution is 2.38. The van der Waals surface area contributed by atoms with E-state index in [0.29, 0.717) is 55.4 Å². The maximum atomic E-state index is 14.8. The van der Waals surface area contributed by atoms with Crippen molar-refractivity contribution in [2.45, 2.75) is 50.6 Å². The molecule has 3 heterocycles. The molecule has 0 spiro atoms. The van der Waals surface area contributed by atoms with Crippen LogP contribution in [0.25, 0.3) is 11.2 Å². The van der Waals surface area contributed by atoms with E-state index in [2.05, 4.69) is 20.6 Å². The molecule has 12 heteroatoms. The van der Waals surface area contributed by atoms with E-state index in [1.807, 2.05) is 4.57 Å². The summed E-state index contributed by atoms with van der Waals surface area (Å²) in [6.45, 7) is 1.36. The Morgan fingerprint density at radius 2 is 1.97 bits per heavy atom. The number of ether oxygens (including phenoxy) is 1. The average Bonchev–Trinajstić information content (AvgIpc) is 3.22. The second-order valence-corrected chi connectivity index (χ2v) is 9.81. The van der Waals surface area contributed by atoms with Gasteiger partial charge in [0.2, 0.25) is 17.8 Å². The molecule has 1 amide bonds. The lowest BCUT2D eigenvalue weighted by Crippen LogP contribution is -2.31. The number of rotatable bonds is 6. The smallest absolute Gasteiger partial charge is 0.225 e. The zero-order chi connectivity index (χ0) is 24.5. The molecular weight excluding hydrogens is 496 g/mol. The number of benzene rings is 1.